The van der Waals surface area contributed by atoms with Crippen molar-refractivity contribution in [2.45, 2.75) is 18.9 Å². The van der Waals surface area contributed by atoms with Crippen molar-refractivity contribution in [3.63, 3.8) is 0 Å². The molecule has 3 rings (SSSR count). The van der Waals surface area contributed by atoms with Gasteiger partial charge in [0.25, 0.3) is 0 Å². The first-order chi connectivity index (χ1) is 8.81. The maximum atomic E-state index is 11.1. The van der Waals surface area contributed by atoms with Crippen LogP contribution in [0.5, 0.6) is 11.5 Å². The molecule has 2 heterocycles. The van der Waals surface area contributed by atoms with Crippen LogP contribution in [0.2, 0.25) is 5.02 Å². The highest BCUT2D eigenvalue weighted by Crippen LogP contribution is 2.45. The third kappa shape index (κ3) is 1.85. The van der Waals surface area contributed by atoms with E-state index in [1.54, 1.807) is 6.07 Å². The van der Waals surface area contributed by atoms with Crippen LogP contribution in [0.15, 0.2) is 6.07 Å². The fourth-order valence-electron chi connectivity index (χ4n) is 2.56. The second-order valence-electron chi connectivity index (χ2n) is 4.48. The normalized spacial score (nSPS) is 21.9. The standard InChI is InChI=1S/C13H14ClNO3/c14-9-6-8(7-16)12-13(18-5-4-17-12)11(9)10-2-1-3-15-10/h6-7,10,15H,1-5H2. The molecule has 2 aliphatic heterocycles. The minimum absolute atomic E-state index is 0.189. The second-order valence-corrected chi connectivity index (χ2v) is 4.89. The SMILES string of the molecule is O=Cc1cc(Cl)c(C2CCCN2)c2c1OCCO2. The number of nitrogens with one attached hydrogen (secondary N) is 1. The van der Waals surface area contributed by atoms with Crippen LogP contribution in [0.3, 0.4) is 0 Å². The number of hydrogen-bond donors (Lipinski definition) is 1. The monoisotopic (exact) mass is 267 g/mol. The summed E-state index contributed by atoms with van der Waals surface area (Å²) in [7, 11) is 0. The average molecular weight is 268 g/mol. The van der Waals surface area contributed by atoms with E-state index in [4.69, 9.17) is 21.1 Å². The number of rotatable bonds is 2. The molecular weight excluding hydrogens is 254 g/mol. The second kappa shape index (κ2) is 4.78. The van der Waals surface area contributed by atoms with E-state index in [9.17, 15) is 4.79 Å². The van der Waals surface area contributed by atoms with Gasteiger partial charge < -0.3 is 14.8 Å². The Morgan fingerprint density at radius 3 is 2.78 bits per heavy atom. The van der Waals surface area contributed by atoms with Crippen molar-refractivity contribution in [2.24, 2.45) is 0 Å². The molecule has 1 N–H and O–H groups in total. The zero-order valence-corrected chi connectivity index (χ0v) is 10.6. The highest BCUT2D eigenvalue weighted by molar-refractivity contribution is 6.32. The first kappa shape index (κ1) is 11.8. The molecule has 1 atom stereocenters. The Labute approximate surface area is 110 Å². The number of hydrogen-bond acceptors (Lipinski definition) is 4. The molecule has 1 unspecified atom stereocenters. The van der Waals surface area contributed by atoms with Crippen LogP contribution in [0.25, 0.3) is 0 Å². The topological polar surface area (TPSA) is 47.6 Å². The molecule has 1 aromatic rings. The molecule has 2 aliphatic rings. The van der Waals surface area contributed by atoms with E-state index in [0.29, 0.717) is 35.3 Å². The van der Waals surface area contributed by atoms with Gasteiger partial charge in [0.15, 0.2) is 17.8 Å². The number of aldehydes is 1. The smallest absolute Gasteiger partial charge is 0.172 e. The summed E-state index contributed by atoms with van der Waals surface area (Å²) in [4.78, 5) is 11.1. The van der Waals surface area contributed by atoms with Gasteiger partial charge in [-0.15, -0.1) is 0 Å². The molecule has 1 aromatic carbocycles. The van der Waals surface area contributed by atoms with Crippen LogP contribution in [-0.2, 0) is 0 Å². The van der Waals surface area contributed by atoms with Crippen molar-refractivity contribution < 1.29 is 14.3 Å². The van der Waals surface area contributed by atoms with Crippen molar-refractivity contribution in [2.75, 3.05) is 19.8 Å². The maximum absolute atomic E-state index is 11.1. The number of ether oxygens (including phenoxy) is 2. The molecule has 0 bridgehead atoms. The van der Waals surface area contributed by atoms with Gasteiger partial charge in [-0.1, -0.05) is 11.6 Å². The Morgan fingerprint density at radius 1 is 1.33 bits per heavy atom. The summed E-state index contributed by atoms with van der Waals surface area (Å²) >= 11 is 6.29. The van der Waals surface area contributed by atoms with E-state index in [1.165, 1.54) is 0 Å². The largest absolute Gasteiger partial charge is 0.486 e. The van der Waals surface area contributed by atoms with E-state index in [0.717, 1.165) is 31.2 Å². The first-order valence-corrected chi connectivity index (χ1v) is 6.49. The zero-order valence-electron chi connectivity index (χ0n) is 9.87. The lowest BCUT2D eigenvalue weighted by atomic mass is 10.0. The van der Waals surface area contributed by atoms with Crippen molar-refractivity contribution in [3.05, 3.63) is 22.2 Å². The van der Waals surface area contributed by atoms with Gasteiger partial charge in [-0.3, -0.25) is 4.79 Å². The fraction of sp³-hybridized carbons (Fsp3) is 0.462. The van der Waals surface area contributed by atoms with Crippen LogP contribution in [0, 0.1) is 0 Å². The Bertz CT molecular complexity index is 484. The Morgan fingerprint density at radius 2 is 2.11 bits per heavy atom. The van der Waals surface area contributed by atoms with E-state index in [-0.39, 0.29) is 6.04 Å². The van der Waals surface area contributed by atoms with E-state index in [2.05, 4.69) is 5.32 Å². The summed E-state index contributed by atoms with van der Waals surface area (Å²) in [6.07, 6.45) is 2.90. The molecule has 0 aliphatic carbocycles. The highest BCUT2D eigenvalue weighted by atomic mass is 35.5. The van der Waals surface area contributed by atoms with Gasteiger partial charge in [-0.05, 0) is 25.5 Å². The number of halogens is 1. The fourth-order valence-corrected chi connectivity index (χ4v) is 2.90. The molecule has 0 aromatic heterocycles. The van der Waals surface area contributed by atoms with Crippen LogP contribution in [0.4, 0.5) is 0 Å². The Balaban J connectivity index is 2.14. The van der Waals surface area contributed by atoms with Gasteiger partial charge >= 0.3 is 0 Å². The van der Waals surface area contributed by atoms with Crippen molar-refractivity contribution in [1.82, 2.24) is 5.32 Å². The maximum Gasteiger partial charge on any atom is 0.172 e. The first-order valence-electron chi connectivity index (χ1n) is 6.12. The van der Waals surface area contributed by atoms with E-state index < -0.39 is 0 Å². The molecule has 4 nitrogen and oxygen atoms in total. The third-order valence-corrected chi connectivity index (χ3v) is 3.68. The van der Waals surface area contributed by atoms with E-state index in [1.807, 2.05) is 0 Å². The predicted molar refractivity (Wildman–Crippen MR) is 67.8 cm³/mol. The molecule has 5 heteroatoms. The molecule has 0 spiro atoms. The van der Waals surface area contributed by atoms with E-state index >= 15 is 0 Å². The number of carbonyl (C=O) groups is 1. The molecule has 1 saturated heterocycles. The lowest BCUT2D eigenvalue weighted by Crippen LogP contribution is -2.21. The van der Waals surface area contributed by atoms with Gasteiger partial charge in [0.2, 0.25) is 0 Å². The predicted octanol–water partition coefficient (Wildman–Crippen LogP) is 2.35. The van der Waals surface area contributed by atoms with Crippen molar-refractivity contribution in [1.29, 1.82) is 0 Å². The molecular formula is C13H14ClNO3. The van der Waals surface area contributed by atoms with Crippen molar-refractivity contribution >= 4 is 17.9 Å². The van der Waals surface area contributed by atoms with Gasteiger partial charge in [0.05, 0.1) is 10.6 Å². The van der Waals surface area contributed by atoms with Crippen LogP contribution >= 0.6 is 11.6 Å². The molecule has 0 radical (unpaired) electrons. The molecule has 18 heavy (non-hydrogen) atoms. The lowest BCUT2D eigenvalue weighted by molar-refractivity contribution is 0.111. The number of carbonyl (C=O) groups excluding carboxylic acids is 1. The Hall–Kier alpha value is -1.26. The highest BCUT2D eigenvalue weighted by Gasteiger charge is 2.29. The molecule has 96 valence electrons. The Kier molecular flexibility index (Phi) is 3.14. The average Bonchev–Trinajstić information content (AvgIpc) is 2.91. The van der Waals surface area contributed by atoms with Crippen LogP contribution < -0.4 is 14.8 Å². The van der Waals surface area contributed by atoms with Gasteiger partial charge in [0, 0.05) is 11.6 Å². The summed E-state index contributed by atoms with van der Waals surface area (Å²) in [6, 6.07) is 1.85. The minimum atomic E-state index is 0.189. The zero-order chi connectivity index (χ0) is 12.5. The van der Waals surface area contributed by atoms with Gasteiger partial charge in [0.1, 0.15) is 13.2 Å². The molecule has 0 saturated carbocycles. The van der Waals surface area contributed by atoms with Crippen LogP contribution in [0.1, 0.15) is 34.8 Å². The summed E-state index contributed by atoms with van der Waals surface area (Å²) in [5, 5.41) is 3.96. The number of benzene rings is 1. The summed E-state index contributed by atoms with van der Waals surface area (Å²) in [5.41, 5.74) is 1.38. The summed E-state index contributed by atoms with van der Waals surface area (Å²) in [6.45, 7) is 1.93. The van der Waals surface area contributed by atoms with Crippen molar-refractivity contribution in [3.8, 4) is 11.5 Å². The quantitative estimate of drug-likeness (QED) is 0.836. The summed E-state index contributed by atoms with van der Waals surface area (Å²) in [5.74, 6) is 1.17. The van der Waals surface area contributed by atoms with Crippen LogP contribution in [-0.4, -0.2) is 26.0 Å². The minimum Gasteiger partial charge on any atom is -0.486 e. The summed E-state index contributed by atoms with van der Waals surface area (Å²) < 4.78 is 11.2. The molecule has 0 amide bonds. The third-order valence-electron chi connectivity index (χ3n) is 3.36. The van der Waals surface area contributed by atoms with Gasteiger partial charge in [-0.25, -0.2) is 0 Å². The van der Waals surface area contributed by atoms with Gasteiger partial charge in [-0.2, -0.15) is 0 Å². The molecule has 1 fully saturated rings. The number of fused-ring (bicyclic) bond motifs is 1. The lowest BCUT2D eigenvalue weighted by Gasteiger charge is -2.25.